The Morgan fingerprint density at radius 3 is 2.37 bits per heavy atom. The summed E-state index contributed by atoms with van der Waals surface area (Å²) in [4.78, 5) is 0. The van der Waals surface area contributed by atoms with Crippen molar-refractivity contribution in [1.29, 1.82) is 0 Å². The first-order valence-corrected chi connectivity index (χ1v) is 8.86. The zero-order valence-electron chi connectivity index (χ0n) is 10.8. The van der Waals surface area contributed by atoms with Crippen LogP contribution >= 0.6 is 11.6 Å². The summed E-state index contributed by atoms with van der Waals surface area (Å²) in [5.74, 6) is 1.17. The number of benzene rings is 1. The molecule has 2 bridgehead atoms. The highest BCUT2D eigenvalue weighted by Gasteiger charge is 2.43. The SMILES string of the molecule is O=S(=O)(Cc1ccc(CCl)cc1)N1CC2CCC1C2. The summed E-state index contributed by atoms with van der Waals surface area (Å²) in [6, 6.07) is 7.78. The summed E-state index contributed by atoms with van der Waals surface area (Å²) in [6.45, 7) is 0.729. The van der Waals surface area contributed by atoms with E-state index >= 15 is 0 Å². The first-order valence-electron chi connectivity index (χ1n) is 6.72. The highest BCUT2D eigenvalue weighted by atomic mass is 35.5. The number of hydrogen-bond acceptors (Lipinski definition) is 2. The first kappa shape index (κ1) is 13.4. The van der Waals surface area contributed by atoms with E-state index in [0.717, 1.165) is 30.5 Å². The van der Waals surface area contributed by atoms with E-state index in [0.29, 0.717) is 11.8 Å². The molecule has 0 radical (unpaired) electrons. The monoisotopic (exact) mass is 299 g/mol. The lowest BCUT2D eigenvalue weighted by molar-refractivity contribution is 0.333. The molecule has 1 aliphatic carbocycles. The first-order chi connectivity index (χ1) is 9.08. The number of hydrogen-bond donors (Lipinski definition) is 0. The van der Waals surface area contributed by atoms with E-state index in [-0.39, 0.29) is 11.8 Å². The molecule has 0 amide bonds. The summed E-state index contributed by atoms with van der Waals surface area (Å²) in [6.07, 6.45) is 3.29. The Kier molecular flexibility index (Phi) is 3.58. The van der Waals surface area contributed by atoms with Crippen molar-refractivity contribution in [2.45, 2.75) is 36.9 Å². The van der Waals surface area contributed by atoms with Crippen LogP contribution in [0.15, 0.2) is 24.3 Å². The van der Waals surface area contributed by atoms with E-state index in [1.54, 1.807) is 4.31 Å². The molecule has 2 unspecified atom stereocenters. The molecule has 19 heavy (non-hydrogen) atoms. The van der Waals surface area contributed by atoms with Crippen molar-refractivity contribution in [3.8, 4) is 0 Å². The largest absolute Gasteiger partial charge is 0.218 e. The average molecular weight is 300 g/mol. The zero-order chi connectivity index (χ0) is 13.5. The Morgan fingerprint density at radius 1 is 1.16 bits per heavy atom. The fourth-order valence-corrected chi connectivity index (χ4v) is 5.28. The van der Waals surface area contributed by atoms with E-state index < -0.39 is 10.0 Å². The van der Waals surface area contributed by atoms with Gasteiger partial charge in [-0.1, -0.05) is 24.3 Å². The lowest BCUT2D eigenvalue weighted by atomic mass is 10.1. The Morgan fingerprint density at radius 2 is 1.84 bits per heavy atom. The van der Waals surface area contributed by atoms with Gasteiger partial charge in [0.1, 0.15) is 0 Å². The lowest BCUT2D eigenvalue weighted by Crippen LogP contribution is -2.38. The Hall–Kier alpha value is -0.580. The molecule has 0 N–H and O–H groups in total. The Bertz CT molecular complexity index is 555. The number of piperidine rings is 1. The zero-order valence-corrected chi connectivity index (χ0v) is 12.3. The van der Waals surface area contributed by atoms with Crippen LogP contribution in [0.25, 0.3) is 0 Å². The van der Waals surface area contributed by atoms with Gasteiger partial charge in [-0.05, 0) is 36.3 Å². The number of nitrogens with zero attached hydrogens (tertiary/aromatic N) is 1. The van der Waals surface area contributed by atoms with Crippen LogP contribution in [0.5, 0.6) is 0 Å². The van der Waals surface area contributed by atoms with Gasteiger partial charge in [0.15, 0.2) is 0 Å². The van der Waals surface area contributed by atoms with Crippen molar-refractivity contribution in [2.24, 2.45) is 5.92 Å². The van der Waals surface area contributed by atoms with Crippen molar-refractivity contribution in [2.75, 3.05) is 6.54 Å². The molecule has 1 aromatic rings. The topological polar surface area (TPSA) is 37.4 Å². The molecule has 1 aromatic carbocycles. The summed E-state index contributed by atoms with van der Waals surface area (Å²) in [7, 11) is -3.16. The maximum absolute atomic E-state index is 12.4. The quantitative estimate of drug-likeness (QED) is 0.802. The van der Waals surface area contributed by atoms with Gasteiger partial charge in [-0.25, -0.2) is 8.42 Å². The third-order valence-corrected chi connectivity index (χ3v) is 6.41. The number of alkyl halides is 1. The van der Waals surface area contributed by atoms with Gasteiger partial charge < -0.3 is 0 Å². The summed E-state index contributed by atoms with van der Waals surface area (Å²) in [5, 5.41) is 0. The van der Waals surface area contributed by atoms with Gasteiger partial charge in [0.2, 0.25) is 10.0 Å². The number of rotatable bonds is 4. The van der Waals surface area contributed by atoms with Crippen LogP contribution in [0.4, 0.5) is 0 Å². The molecule has 2 atom stereocenters. The van der Waals surface area contributed by atoms with Crippen LogP contribution in [0.2, 0.25) is 0 Å². The highest BCUT2D eigenvalue weighted by Crippen LogP contribution is 2.39. The molecule has 3 rings (SSSR count). The highest BCUT2D eigenvalue weighted by molar-refractivity contribution is 7.88. The second-order valence-corrected chi connectivity index (χ2v) is 7.80. The minimum absolute atomic E-state index is 0.110. The predicted molar refractivity (Wildman–Crippen MR) is 76.5 cm³/mol. The molecule has 2 fully saturated rings. The third kappa shape index (κ3) is 2.67. The third-order valence-electron chi connectivity index (χ3n) is 4.24. The van der Waals surface area contributed by atoms with Crippen LogP contribution in [0, 0.1) is 5.92 Å². The fourth-order valence-electron chi connectivity index (χ4n) is 3.24. The minimum Gasteiger partial charge on any atom is -0.212 e. The second-order valence-electron chi connectivity index (χ2n) is 5.61. The molecular formula is C14H18ClNO2S. The molecule has 1 saturated carbocycles. The van der Waals surface area contributed by atoms with Crippen LogP contribution in [-0.4, -0.2) is 25.3 Å². The van der Waals surface area contributed by atoms with Crippen LogP contribution < -0.4 is 0 Å². The molecule has 5 heteroatoms. The summed E-state index contributed by atoms with van der Waals surface area (Å²) < 4.78 is 26.6. The van der Waals surface area contributed by atoms with Crippen molar-refractivity contribution in [3.63, 3.8) is 0 Å². The van der Waals surface area contributed by atoms with E-state index in [9.17, 15) is 8.42 Å². The van der Waals surface area contributed by atoms with E-state index in [1.807, 2.05) is 24.3 Å². The molecule has 0 aromatic heterocycles. The van der Waals surface area contributed by atoms with Crippen molar-refractivity contribution < 1.29 is 8.42 Å². The van der Waals surface area contributed by atoms with E-state index in [4.69, 9.17) is 11.6 Å². The molecule has 2 aliphatic rings. The van der Waals surface area contributed by atoms with Gasteiger partial charge in [-0.2, -0.15) is 4.31 Å². The molecule has 0 spiro atoms. The maximum atomic E-state index is 12.4. The van der Waals surface area contributed by atoms with Gasteiger partial charge in [0, 0.05) is 18.5 Å². The van der Waals surface area contributed by atoms with Gasteiger partial charge >= 0.3 is 0 Å². The van der Waals surface area contributed by atoms with Gasteiger partial charge in [-0.3, -0.25) is 0 Å². The fraction of sp³-hybridized carbons (Fsp3) is 0.571. The van der Waals surface area contributed by atoms with Gasteiger partial charge in [0.25, 0.3) is 0 Å². The molecule has 1 saturated heterocycles. The van der Waals surface area contributed by atoms with Crippen LogP contribution in [0.3, 0.4) is 0 Å². The second kappa shape index (κ2) is 5.08. The molecular weight excluding hydrogens is 282 g/mol. The predicted octanol–water partition coefficient (Wildman–Crippen LogP) is 2.74. The van der Waals surface area contributed by atoms with Crippen molar-refractivity contribution in [1.82, 2.24) is 4.31 Å². The number of sulfonamides is 1. The van der Waals surface area contributed by atoms with Gasteiger partial charge in [-0.15, -0.1) is 11.6 Å². The van der Waals surface area contributed by atoms with E-state index in [1.165, 1.54) is 6.42 Å². The summed E-state index contributed by atoms with van der Waals surface area (Å²) >= 11 is 5.73. The normalized spacial score (nSPS) is 27.0. The van der Waals surface area contributed by atoms with E-state index in [2.05, 4.69) is 0 Å². The van der Waals surface area contributed by atoms with Crippen molar-refractivity contribution in [3.05, 3.63) is 35.4 Å². The number of fused-ring (bicyclic) bond motifs is 2. The Balaban J connectivity index is 1.74. The average Bonchev–Trinajstić information content (AvgIpc) is 3.02. The number of halogens is 1. The Labute approximate surface area is 119 Å². The minimum atomic E-state index is -3.16. The van der Waals surface area contributed by atoms with Crippen LogP contribution in [0.1, 0.15) is 30.4 Å². The molecule has 104 valence electrons. The van der Waals surface area contributed by atoms with Gasteiger partial charge in [0.05, 0.1) is 5.75 Å². The maximum Gasteiger partial charge on any atom is 0.218 e. The summed E-state index contributed by atoms with van der Waals surface area (Å²) in [5.41, 5.74) is 1.86. The molecule has 1 aliphatic heterocycles. The smallest absolute Gasteiger partial charge is 0.212 e. The standard InChI is InChI=1S/C14H18ClNO2S/c15-8-11-1-3-12(4-2-11)10-19(17,18)16-9-13-5-6-14(16)7-13/h1-4,13-14H,5-10H2. The molecule has 1 heterocycles. The lowest BCUT2D eigenvalue weighted by Gasteiger charge is -2.26. The van der Waals surface area contributed by atoms with Crippen molar-refractivity contribution >= 4 is 21.6 Å². The van der Waals surface area contributed by atoms with Crippen LogP contribution in [-0.2, 0) is 21.7 Å². The molecule has 3 nitrogen and oxygen atoms in total.